The number of sulfone groups is 1. The fourth-order valence-corrected chi connectivity index (χ4v) is 5.28. The van der Waals surface area contributed by atoms with Crippen LogP contribution in [0.1, 0.15) is 5.56 Å². The van der Waals surface area contributed by atoms with Crippen molar-refractivity contribution in [2.45, 2.75) is 10.6 Å². The Morgan fingerprint density at radius 1 is 1.00 bits per heavy atom. The number of fused-ring (bicyclic) bond motifs is 1. The van der Waals surface area contributed by atoms with Gasteiger partial charge >= 0.3 is 0 Å². The zero-order valence-corrected chi connectivity index (χ0v) is 20.4. The number of aromatic nitrogens is 3. The molecule has 4 aromatic rings. The summed E-state index contributed by atoms with van der Waals surface area (Å²) in [4.78, 5) is 20.2. The van der Waals surface area contributed by atoms with Gasteiger partial charge in [-0.25, -0.2) is 35.6 Å². The fourth-order valence-electron chi connectivity index (χ4n) is 3.41. The number of sulfonamides is 1. The molecule has 1 N–H and O–H groups in total. The van der Waals surface area contributed by atoms with Gasteiger partial charge in [-0.3, -0.25) is 13.9 Å². The molecule has 3 heterocycles. The quantitative estimate of drug-likeness (QED) is 0.380. The summed E-state index contributed by atoms with van der Waals surface area (Å²) in [6, 6.07) is 6.50. The van der Waals surface area contributed by atoms with E-state index in [0.717, 1.165) is 22.8 Å². The normalized spacial score (nSPS) is 12.0. The number of anilines is 1. The van der Waals surface area contributed by atoms with Crippen LogP contribution in [0.2, 0.25) is 0 Å². The summed E-state index contributed by atoms with van der Waals surface area (Å²) in [5.74, 6) is -2.83. The summed E-state index contributed by atoms with van der Waals surface area (Å²) in [5, 5.41) is 0. The zero-order valence-electron chi connectivity index (χ0n) is 18.8. The van der Waals surface area contributed by atoms with E-state index in [1.54, 1.807) is 6.07 Å². The van der Waals surface area contributed by atoms with Crippen molar-refractivity contribution in [1.82, 2.24) is 14.4 Å². The van der Waals surface area contributed by atoms with Crippen molar-refractivity contribution in [1.29, 1.82) is 0 Å². The van der Waals surface area contributed by atoms with Gasteiger partial charge in [-0.1, -0.05) is 0 Å². The van der Waals surface area contributed by atoms with Crippen molar-refractivity contribution in [3.63, 3.8) is 0 Å². The molecule has 0 atom stereocenters. The molecule has 3 aromatic heterocycles. The molecule has 0 unspecified atom stereocenters. The first kappa shape index (κ1) is 25.2. The molecular weight excluding hydrogens is 518 g/mol. The van der Waals surface area contributed by atoms with Crippen molar-refractivity contribution < 1.29 is 30.4 Å². The predicted molar refractivity (Wildman–Crippen MR) is 127 cm³/mol. The topological polar surface area (TPSA) is 137 Å². The number of nitrogens with one attached hydrogen (secondary N) is 1. The lowest BCUT2D eigenvalue weighted by molar-refractivity contribution is 0.400. The van der Waals surface area contributed by atoms with Gasteiger partial charge in [0, 0.05) is 42.0 Å². The number of nitrogens with zero attached hydrogens (tertiary/aromatic N) is 3. The van der Waals surface area contributed by atoms with Gasteiger partial charge in [0.2, 0.25) is 5.88 Å². The molecule has 14 heteroatoms. The molecule has 0 spiro atoms. The van der Waals surface area contributed by atoms with Crippen LogP contribution < -0.4 is 15.0 Å². The molecule has 10 nitrogen and oxygen atoms in total. The van der Waals surface area contributed by atoms with E-state index >= 15 is 0 Å². The Balaban J connectivity index is 1.78. The third-order valence-corrected chi connectivity index (χ3v) is 7.23. The number of hydrogen-bond acceptors (Lipinski definition) is 8. The van der Waals surface area contributed by atoms with Gasteiger partial charge in [0.1, 0.15) is 27.9 Å². The molecule has 0 aliphatic carbocycles. The van der Waals surface area contributed by atoms with E-state index in [2.05, 4.69) is 14.7 Å². The van der Waals surface area contributed by atoms with Crippen LogP contribution in [0.15, 0.2) is 64.7 Å². The zero-order chi connectivity index (χ0) is 26.3. The third-order valence-electron chi connectivity index (χ3n) is 5.00. The van der Waals surface area contributed by atoms with E-state index in [1.807, 2.05) is 0 Å². The van der Waals surface area contributed by atoms with Crippen molar-refractivity contribution in [2.75, 3.05) is 18.1 Å². The van der Waals surface area contributed by atoms with Crippen LogP contribution >= 0.6 is 0 Å². The van der Waals surface area contributed by atoms with Crippen LogP contribution in [0.4, 0.5) is 14.5 Å². The van der Waals surface area contributed by atoms with E-state index in [0.29, 0.717) is 17.2 Å². The average molecular weight is 537 g/mol. The summed E-state index contributed by atoms with van der Waals surface area (Å²) in [6.07, 6.45) is 4.96. The highest BCUT2D eigenvalue weighted by Crippen LogP contribution is 2.30. The van der Waals surface area contributed by atoms with E-state index in [4.69, 9.17) is 4.74 Å². The van der Waals surface area contributed by atoms with Gasteiger partial charge in [-0.2, -0.15) is 0 Å². The second kappa shape index (κ2) is 9.28. The minimum atomic E-state index is -4.49. The second-order valence-electron chi connectivity index (χ2n) is 7.77. The summed E-state index contributed by atoms with van der Waals surface area (Å²) in [7, 11) is -6.72. The molecule has 0 bridgehead atoms. The first-order chi connectivity index (χ1) is 16.9. The lowest BCUT2D eigenvalue weighted by atomic mass is 10.1. The summed E-state index contributed by atoms with van der Waals surface area (Å²) in [5.41, 5.74) is 0.267. The van der Waals surface area contributed by atoms with Crippen LogP contribution in [0, 0.1) is 11.6 Å². The standard InChI is InChI=1S/C22H18F2N4O6S2/c1-34-21-18(27-36(32,33)19-5-4-16(23)8-17(19)24)7-14(9-26-21)13-3-6-20-25-10-15(12-35(2,30)31)22(29)28(20)11-13/h3-11,27H,12H2,1-2H3. The van der Waals surface area contributed by atoms with Gasteiger partial charge in [0.25, 0.3) is 15.6 Å². The molecule has 0 saturated heterocycles. The maximum absolute atomic E-state index is 14.1. The fraction of sp³-hybridized carbons (Fsp3) is 0.136. The van der Waals surface area contributed by atoms with Gasteiger partial charge < -0.3 is 4.74 Å². The largest absolute Gasteiger partial charge is 0.480 e. The van der Waals surface area contributed by atoms with Crippen LogP contribution in [-0.2, 0) is 25.6 Å². The first-order valence-corrected chi connectivity index (χ1v) is 13.6. The molecule has 0 saturated carbocycles. The molecule has 0 aliphatic heterocycles. The molecule has 0 aliphatic rings. The first-order valence-electron chi connectivity index (χ1n) is 10.1. The van der Waals surface area contributed by atoms with Crippen LogP contribution in [0.3, 0.4) is 0 Å². The Hall–Kier alpha value is -3.91. The molecule has 0 fully saturated rings. The van der Waals surface area contributed by atoms with Crippen LogP contribution in [0.5, 0.6) is 5.88 Å². The Kier molecular flexibility index (Phi) is 6.49. The summed E-state index contributed by atoms with van der Waals surface area (Å²) < 4.78 is 84.6. The molecular formula is C22H18F2N4O6S2. The average Bonchev–Trinajstić information content (AvgIpc) is 2.79. The maximum Gasteiger partial charge on any atom is 0.264 e. The number of ether oxygens (including phenoxy) is 1. The van der Waals surface area contributed by atoms with E-state index in [-0.39, 0.29) is 22.8 Å². The second-order valence-corrected chi connectivity index (χ2v) is 11.6. The monoisotopic (exact) mass is 536 g/mol. The van der Waals surface area contributed by atoms with Crippen LogP contribution in [0.25, 0.3) is 16.8 Å². The lowest BCUT2D eigenvalue weighted by Crippen LogP contribution is -2.21. The number of methoxy groups -OCH3 is 1. The van der Waals surface area contributed by atoms with E-state index in [1.165, 1.54) is 37.8 Å². The summed E-state index contributed by atoms with van der Waals surface area (Å²) >= 11 is 0. The Bertz CT molecular complexity index is 1770. The number of hydrogen-bond donors (Lipinski definition) is 1. The Labute approximate surface area is 204 Å². The Morgan fingerprint density at radius 3 is 2.42 bits per heavy atom. The highest BCUT2D eigenvalue weighted by atomic mass is 32.2. The van der Waals surface area contributed by atoms with Gasteiger partial charge in [-0.05, 0) is 30.3 Å². The van der Waals surface area contributed by atoms with Crippen molar-refractivity contribution in [3.05, 3.63) is 82.5 Å². The minimum Gasteiger partial charge on any atom is -0.480 e. The van der Waals surface area contributed by atoms with Gasteiger partial charge in [0.05, 0.1) is 18.4 Å². The highest BCUT2D eigenvalue weighted by molar-refractivity contribution is 7.92. The molecule has 0 radical (unpaired) electrons. The third kappa shape index (κ3) is 5.18. The van der Waals surface area contributed by atoms with Gasteiger partial charge in [0.15, 0.2) is 9.84 Å². The number of halogens is 2. The van der Waals surface area contributed by atoms with E-state index in [9.17, 15) is 30.4 Å². The SMILES string of the molecule is COc1ncc(-c2ccc3ncc(CS(C)(=O)=O)c(=O)n3c2)cc1NS(=O)(=O)c1ccc(F)cc1F. The van der Waals surface area contributed by atoms with Crippen molar-refractivity contribution >= 4 is 31.2 Å². The number of rotatable bonds is 7. The Morgan fingerprint density at radius 2 is 1.75 bits per heavy atom. The molecule has 0 amide bonds. The molecule has 1 aromatic carbocycles. The number of pyridine rings is 2. The molecule has 188 valence electrons. The lowest BCUT2D eigenvalue weighted by Gasteiger charge is -2.13. The van der Waals surface area contributed by atoms with E-state index < -0.39 is 47.7 Å². The highest BCUT2D eigenvalue weighted by Gasteiger charge is 2.22. The number of benzene rings is 1. The molecule has 36 heavy (non-hydrogen) atoms. The molecule has 4 rings (SSSR count). The predicted octanol–water partition coefficient (Wildman–Crippen LogP) is 2.39. The van der Waals surface area contributed by atoms with Crippen molar-refractivity contribution in [2.24, 2.45) is 0 Å². The van der Waals surface area contributed by atoms with Crippen LogP contribution in [-0.4, -0.2) is 44.6 Å². The smallest absolute Gasteiger partial charge is 0.264 e. The van der Waals surface area contributed by atoms with Gasteiger partial charge in [-0.15, -0.1) is 0 Å². The van der Waals surface area contributed by atoms with Crippen molar-refractivity contribution in [3.8, 4) is 17.0 Å². The minimum absolute atomic E-state index is 0.0187. The maximum atomic E-state index is 14.1. The summed E-state index contributed by atoms with van der Waals surface area (Å²) in [6.45, 7) is 0.